The molecular weight excluding hydrogens is 298 g/mol. The molecule has 1 saturated heterocycles. The lowest BCUT2D eigenvalue weighted by atomic mass is 9.74. The number of benzene rings is 1. The second-order valence-corrected chi connectivity index (χ2v) is 7.15. The van der Waals surface area contributed by atoms with Crippen molar-refractivity contribution in [2.45, 2.75) is 63.8 Å². The molecule has 1 aromatic heterocycles. The Balaban J connectivity index is 1.37. The predicted molar refractivity (Wildman–Crippen MR) is 95.1 cm³/mol. The van der Waals surface area contributed by atoms with E-state index in [4.69, 9.17) is 4.74 Å². The molecule has 1 aliphatic heterocycles. The van der Waals surface area contributed by atoms with Crippen LogP contribution in [0.4, 0.5) is 0 Å². The molecule has 24 heavy (non-hydrogen) atoms. The molecule has 1 aliphatic carbocycles. The van der Waals surface area contributed by atoms with Crippen molar-refractivity contribution in [2.75, 3.05) is 6.61 Å². The van der Waals surface area contributed by atoms with Crippen LogP contribution < -0.4 is 5.32 Å². The zero-order chi connectivity index (χ0) is 16.5. The summed E-state index contributed by atoms with van der Waals surface area (Å²) >= 11 is 0. The van der Waals surface area contributed by atoms with Crippen molar-refractivity contribution in [3.8, 4) is 0 Å². The van der Waals surface area contributed by atoms with E-state index in [1.807, 2.05) is 12.4 Å². The van der Waals surface area contributed by atoms with E-state index in [9.17, 15) is 0 Å². The highest BCUT2D eigenvalue weighted by Crippen LogP contribution is 2.40. The number of rotatable bonds is 5. The van der Waals surface area contributed by atoms with E-state index in [-0.39, 0.29) is 6.10 Å². The summed E-state index contributed by atoms with van der Waals surface area (Å²) < 4.78 is 8.20. The van der Waals surface area contributed by atoms with Crippen LogP contribution >= 0.6 is 0 Å². The molecular formula is C20H27N3O. The van der Waals surface area contributed by atoms with Gasteiger partial charge >= 0.3 is 0 Å². The number of nitrogens with one attached hydrogen (secondary N) is 1. The first kappa shape index (κ1) is 15.9. The molecule has 0 spiro atoms. The van der Waals surface area contributed by atoms with E-state index in [1.54, 1.807) is 0 Å². The standard InChI is InChI=1S/C20H27N3O/c1-3-23-10-9-21-20(23)19-18(8-11-24-19)22-16-12-15(13-16)17-7-5-4-6-14(17)2/h4-7,9-10,15-16,18-19,22H,3,8,11-13H2,1-2H3/t15?,16?,18-,19-/m0/s1. The van der Waals surface area contributed by atoms with Gasteiger partial charge in [-0.25, -0.2) is 4.98 Å². The van der Waals surface area contributed by atoms with E-state index < -0.39 is 0 Å². The summed E-state index contributed by atoms with van der Waals surface area (Å²) in [5, 5.41) is 3.85. The van der Waals surface area contributed by atoms with Crippen molar-refractivity contribution >= 4 is 0 Å². The van der Waals surface area contributed by atoms with Crippen molar-refractivity contribution < 1.29 is 4.74 Å². The Morgan fingerprint density at radius 2 is 2.12 bits per heavy atom. The summed E-state index contributed by atoms with van der Waals surface area (Å²) in [4.78, 5) is 4.54. The Labute approximate surface area is 144 Å². The molecule has 1 N–H and O–H groups in total. The fourth-order valence-corrected chi connectivity index (χ4v) is 4.22. The van der Waals surface area contributed by atoms with Crippen molar-refractivity contribution in [3.05, 3.63) is 53.6 Å². The first-order valence-electron chi connectivity index (χ1n) is 9.20. The average Bonchev–Trinajstić information content (AvgIpc) is 3.19. The predicted octanol–water partition coefficient (Wildman–Crippen LogP) is 3.58. The van der Waals surface area contributed by atoms with Gasteiger partial charge in [-0.05, 0) is 50.2 Å². The summed E-state index contributed by atoms with van der Waals surface area (Å²) in [7, 11) is 0. The number of imidazole rings is 1. The summed E-state index contributed by atoms with van der Waals surface area (Å²) in [5.41, 5.74) is 2.95. The number of nitrogens with zero attached hydrogens (tertiary/aromatic N) is 2. The lowest BCUT2D eigenvalue weighted by Gasteiger charge is -2.39. The minimum absolute atomic E-state index is 0.0949. The van der Waals surface area contributed by atoms with Gasteiger partial charge in [0, 0.05) is 37.6 Å². The monoisotopic (exact) mass is 325 g/mol. The summed E-state index contributed by atoms with van der Waals surface area (Å²) in [6, 6.07) is 9.80. The molecule has 4 rings (SSSR count). The number of hydrogen-bond acceptors (Lipinski definition) is 3. The zero-order valence-corrected chi connectivity index (χ0v) is 14.6. The van der Waals surface area contributed by atoms with E-state index in [0.29, 0.717) is 18.0 Å². The smallest absolute Gasteiger partial charge is 0.139 e. The number of aryl methyl sites for hydroxylation is 2. The molecule has 2 aromatic rings. The Kier molecular flexibility index (Phi) is 4.42. The van der Waals surface area contributed by atoms with Gasteiger partial charge in [-0.15, -0.1) is 0 Å². The van der Waals surface area contributed by atoms with Gasteiger partial charge in [-0.3, -0.25) is 0 Å². The largest absolute Gasteiger partial charge is 0.369 e. The quantitative estimate of drug-likeness (QED) is 0.913. The third kappa shape index (κ3) is 2.89. The van der Waals surface area contributed by atoms with Crippen LogP contribution in [0, 0.1) is 6.92 Å². The van der Waals surface area contributed by atoms with Crippen LogP contribution in [0.25, 0.3) is 0 Å². The maximum absolute atomic E-state index is 6.01. The highest BCUT2D eigenvalue weighted by molar-refractivity contribution is 5.31. The topological polar surface area (TPSA) is 39.1 Å². The number of aromatic nitrogens is 2. The van der Waals surface area contributed by atoms with Crippen LogP contribution in [0.1, 0.15) is 55.2 Å². The summed E-state index contributed by atoms with van der Waals surface area (Å²) in [6.45, 7) is 6.15. The number of hydrogen-bond donors (Lipinski definition) is 1. The van der Waals surface area contributed by atoms with Gasteiger partial charge in [0.2, 0.25) is 0 Å². The minimum Gasteiger partial charge on any atom is -0.369 e. The Morgan fingerprint density at radius 1 is 1.29 bits per heavy atom. The molecule has 0 radical (unpaired) electrons. The third-order valence-corrected chi connectivity index (χ3v) is 5.65. The van der Waals surface area contributed by atoms with Crippen LogP contribution in [-0.4, -0.2) is 28.2 Å². The number of ether oxygens (including phenoxy) is 1. The fraction of sp³-hybridized carbons (Fsp3) is 0.550. The Hall–Kier alpha value is -1.65. The first-order chi connectivity index (χ1) is 11.8. The van der Waals surface area contributed by atoms with Crippen molar-refractivity contribution in [2.24, 2.45) is 0 Å². The maximum Gasteiger partial charge on any atom is 0.139 e. The minimum atomic E-state index is 0.0949. The van der Waals surface area contributed by atoms with Gasteiger partial charge in [-0.2, -0.15) is 0 Å². The van der Waals surface area contributed by atoms with Crippen molar-refractivity contribution in [1.82, 2.24) is 14.9 Å². The van der Waals surface area contributed by atoms with Gasteiger partial charge in [0.25, 0.3) is 0 Å². The second-order valence-electron chi connectivity index (χ2n) is 7.15. The molecule has 1 aromatic carbocycles. The highest BCUT2D eigenvalue weighted by atomic mass is 16.5. The molecule has 2 heterocycles. The van der Waals surface area contributed by atoms with E-state index in [0.717, 1.165) is 25.4 Å². The molecule has 1 saturated carbocycles. The van der Waals surface area contributed by atoms with Gasteiger partial charge < -0.3 is 14.6 Å². The second kappa shape index (κ2) is 6.69. The molecule has 128 valence electrons. The molecule has 4 nitrogen and oxygen atoms in total. The molecule has 0 bridgehead atoms. The fourth-order valence-electron chi connectivity index (χ4n) is 4.22. The van der Waals surface area contributed by atoms with Crippen molar-refractivity contribution in [3.63, 3.8) is 0 Å². The lowest BCUT2D eigenvalue weighted by molar-refractivity contribution is 0.0823. The molecule has 2 fully saturated rings. The lowest BCUT2D eigenvalue weighted by Crippen LogP contribution is -2.47. The van der Waals surface area contributed by atoms with Crippen LogP contribution in [-0.2, 0) is 11.3 Å². The Morgan fingerprint density at radius 3 is 2.92 bits per heavy atom. The SMILES string of the molecule is CCn1ccnc1[C@H]1OCC[C@@H]1NC1CC(c2ccccc2C)C1. The molecule has 4 heteroatoms. The van der Waals surface area contributed by atoms with Crippen LogP contribution in [0.3, 0.4) is 0 Å². The normalized spacial score (nSPS) is 29.6. The van der Waals surface area contributed by atoms with E-state index in [1.165, 1.54) is 24.0 Å². The highest BCUT2D eigenvalue weighted by Gasteiger charge is 2.38. The summed E-state index contributed by atoms with van der Waals surface area (Å²) in [6.07, 6.45) is 7.57. The van der Waals surface area contributed by atoms with E-state index in [2.05, 4.69) is 53.0 Å². The third-order valence-electron chi connectivity index (χ3n) is 5.65. The van der Waals surface area contributed by atoms with Crippen LogP contribution in [0.2, 0.25) is 0 Å². The molecule has 0 unspecified atom stereocenters. The van der Waals surface area contributed by atoms with Crippen molar-refractivity contribution in [1.29, 1.82) is 0 Å². The zero-order valence-electron chi connectivity index (χ0n) is 14.6. The van der Waals surface area contributed by atoms with Crippen LogP contribution in [0.15, 0.2) is 36.7 Å². The van der Waals surface area contributed by atoms with Crippen LogP contribution in [0.5, 0.6) is 0 Å². The van der Waals surface area contributed by atoms with Gasteiger partial charge in [0.15, 0.2) is 0 Å². The molecule has 2 atom stereocenters. The Bertz CT molecular complexity index is 690. The first-order valence-corrected chi connectivity index (χ1v) is 9.20. The van der Waals surface area contributed by atoms with Gasteiger partial charge in [0.05, 0.1) is 0 Å². The van der Waals surface area contributed by atoms with E-state index >= 15 is 0 Å². The maximum atomic E-state index is 6.01. The van der Waals surface area contributed by atoms with Gasteiger partial charge in [0.1, 0.15) is 11.9 Å². The molecule has 0 amide bonds. The molecule has 2 aliphatic rings. The average molecular weight is 325 g/mol. The van der Waals surface area contributed by atoms with Gasteiger partial charge in [-0.1, -0.05) is 24.3 Å². The summed E-state index contributed by atoms with van der Waals surface area (Å²) in [5.74, 6) is 1.78.